The van der Waals surface area contributed by atoms with Crippen LogP contribution in [0.15, 0.2) is 12.1 Å². The molecule has 0 radical (unpaired) electrons. The summed E-state index contributed by atoms with van der Waals surface area (Å²) in [6.45, 7) is 2.14. The summed E-state index contributed by atoms with van der Waals surface area (Å²) in [5, 5.41) is 0. The van der Waals surface area contributed by atoms with Crippen LogP contribution >= 0.6 is 0 Å². The van der Waals surface area contributed by atoms with Crippen molar-refractivity contribution in [2.75, 3.05) is 0 Å². The molecule has 0 rings (SSSR count). The van der Waals surface area contributed by atoms with Gasteiger partial charge in [0.1, 0.15) is 6.29 Å². The van der Waals surface area contributed by atoms with Crippen LogP contribution in [0.3, 0.4) is 0 Å². The first-order valence-corrected chi connectivity index (χ1v) is 3.90. The van der Waals surface area contributed by atoms with Gasteiger partial charge in [-0.15, -0.1) is 0 Å². The average Bonchev–Trinajstić information content (AvgIpc) is 2.01. The lowest BCUT2D eigenvalue weighted by Crippen LogP contribution is -1.71. The predicted octanol–water partition coefficient (Wildman–Crippen LogP) is 2.71. The molecule has 0 amide bonds. The van der Waals surface area contributed by atoms with Crippen molar-refractivity contribution >= 4 is 6.29 Å². The van der Waals surface area contributed by atoms with Gasteiger partial charge in [-0.25, -0.2) is 0 Å². The summed E-state index contributed by atoms with van der Waals surface area (Å²) in [5.41, 5.74) is 0. The fraction of sp³-hybridized carbons (Fsp3) is 0.667. The zero-order valence-electron chi connectivity index (χ0n) is 7.60. The van der Waals surface area contributed by atoms with E-state index >= 15 is 0 Å². The molecule has 0 aromatic rings. The summed E-state index contributed by atoms with van der Waals surface area (Å²) < 4.78 is 7.36. The van der Waals surface area contributed by atoms with E-state index in [1.54, 1.807) is 6.08 Å². The third kappa shape index (κ3) is 7.41. The first-order chi connectivity index (χ1) is 5.31. The average molecular weight is 141 g/mol. The highest BCUT2D eigenvalue weighted by Crippen LogP contribution is 1.99. The maximum Gasteiger partial charge on any atom is 0.123 e. The highest BCUT2D eigenvalue weighted by Gasteiger charge is 1.80. The zero-order valence-corrected chi connectivity index (χ0v) is 6.60. The summed E-state index contributed by atoms with van der Waals surface area (Å²) in [4.78, 5) is 9.91. The zero-order chi connectivity index (χ0) is 8.53. The highest BCUT2D eigenvalue weighted by atomic mass is 16.1. The van der Waals surface area contributed by atoms with E-state index in [1.165, 1.54) is 12.8 Å². The largest absolute Gasteiger partial charge is 0.303 e. The molecular weight excluding hydrogens is 124 g/mol. The second-order valence-electron chi connectivity index (χ2n) is 2.27. The summed E-state index contributed by atoms with van der Waals surface area (Å²) in [5.74, 6) is 0. The van der Waals surface area contributed by atoms with Crippen LogP contribution < -0.4 is 0 Å². The molecular formula is C9H16O. The van der Waals surface area contributed by atoms with Gasteiger partial charge >= 0.3 is 0 Å². The Morgan fingerprint density at radius 1 is 1.50 bits per heavy atom. The third-order valence-corrected chi connectivity index (χ3v) is 1.28. The first-order valence-electron chi connectivity index (χ1n) is 4.40. The smallest absolute Gasteiger partial charge is 0.123 e. The number of aldehydes is 1. The van der Waals surface area contributed by atoms with Gasteiger partial charge < -0.3 is 4.79 Å². The van der Waals surface area contributed by atoms with Gasteiger partial charge in [-0.3, -0.25) is 0 Å². The SMILES string of the molecule is [2H]/C(=C/CC=O)CCCCC. The molecule has 0 unspecified atom stereocenters. The number of rotatable bonds is 6. The van der Waals surface area contributed by atoms with Crippen molar-refractivity contribution in [2.24, 2.45) is 0 Å². The number of carbonyl (C=O) groups excluding carboxylic acids is 1. The maximum absolute atomic E-state index is 9.91. The molecule has 0 aliphatic heterocycles. The summed E-state index contributed by atoms with van der Waals surface area (Å²) >= 11 is 0. The van der Waals surface area contributed by atoms with Gasteiger partial charge in [0.15, 0.2) is 0 Å². The quantitative estimate of drug-likeness (QED) is 0.316. The molecule has 0 N–H and O–H groups in total. The second-order valence-corrected chi connectivity index (χ2v) is 2.27. The van der Waals surface area contributed by atoms with E-state index in [0.717, 1.165) is 19.1 Å². The summed E-state index contributed by atoms with van der Waals surface area (Å²) in [6.07, 6.45) is 7.16. The van der Waals surface area contributed by atoms with E-state index < -0.39 is 0 Å². The second kappa shape index (κ2) is 8.41. The lowest BCUT2D eigenvalue weighted by molar-refractivity contribution is -0.107. The van der Waals surface area contributed by atoms with Crippen molar-refractivity contribution in [3.05, 3.63) is 12.1 Å². The molecule has 58 valence electrons. The number of hydrogen-bond acceptors (Lipinski definition) is 1. The summed E-state index contributed by atoms with van der Waals surface area (Å²) in [6, 6.07) is 0.602. The molecule has 0 aliphatic carbocycles. The molecule has 0 spiro atoms. The Hall–Kier alpha value is -0.590. The van der Waals surface area contributed by atoms with E-state index in [-0.39, 0.29) is 0 Å². The molecule has 0 aliphatic rings. The van der Waals surface area contributed by atoms with Crippen LogP contribution in [0.4, 0.5) is 0 Å². The minimum Gasteiger partial charge on any atom is -0.303 e. The van der Waals surface area contributed by atoms with E-state index in [9.17, 15) is 4.79 Å². The van der Waals surface area contributed by atoms with Gasteiger partial charge in [-0.2, -0.15) is 0 Å². The van der Waals surface area contributed by atoms with E-state index in [2.05, 4.69) is 6.92 Å². The first kappa shape index (κ1) is 7.52. The fourth-order valence-electron chi connectivity index (χ4n) is 0.711. The van der Waals surface area contributed by atoms with Gasteiger partial charge in [0, 0.05) is 6.42 Å². The van der Waals surface area contributed by atoms with Crippen LogP contribution in [0, 0.1) is 0 Å². The topological polar surface area (TPSA) is 17.1 Å². The predicted molar refractivity (Wildman–Crippen MR) is 44.0 cm³/mol. The molecule has 10 heavy (non-hydrogen) atoms. The van der Waals surface area contributed by atoms with Gasteiger partial charge in [0.2, 0.25) is 0 Å². The van der Waals surface area contributed by atoms with E-state index in [1.807, 2.05) is 0 Å². The normalized spacial score (nSPS) is 12.9. The molecule has 0 aromatic heterocycles. The third-order valence-electron chi connectivity index (χ3n) is 1.28. The van der Waals surface area contributed by atoms with Crippen molar-refractivity contribution in [2.45, 2.75) is 39.0 Å². The van der Waals surface area contributed by atoms with E-state index in [0.29, 0.717) is 12.5 Å². The molecule has 0 saturated carbocycles. The molecule has 0 bridgehead atoms. The summed E-state index contributed by atoms with van der Waals surface area (Å²) in [7, 11) is 0. The Morgan fingerprint density at radius 3 is 2.90 bits per heavy atom. The molecule has 0 fully saturated rings. The fourth-order valence-corrected chi connectivity index (χ4v) is 0.711. The van der Waals surface area contributed by atoms with Crippen molar-refractivity contribution in [1.82, 2.24) is 0 Å². The molecule has 0 aromatic carbocycles. The highest BCUT2D eigenvalue weighted by molar-refractivity contribution is 5.51. The number of allylic oxidation sites excluding steroid dienone is 2. The minimum absolute atomic E-state index is 0.394. The van der Waals surface area contributed by atoms with Gasteiger partial charge in [-0.1, -0.05) is 31.9 Å². The Labute approximate surface area is 64.5 Å². The number of hydrogen-bond donors (Lipinski definition) is 0. The molecule has 0 heterocycles. The minimum atomic E-state index is 0.394. The van der Waals surface area contributed by atoms with Crippen molar-refractivity contribution in [3.8, 4) is 0 Å². The van der Waals surface area contributed by atoms with E-state index in [4.69, 9.17) is 1.37 Å². The lowest BCUT2D eigenvalue weighted by atomic mass is 10.2. The lowest BCUT2D eigenvalue weighted by Gasteiger charge is -1.89. The Bertz CT molecular complexity index is 130. The monoisotopic (exact) mass is 141 g/mol. The van der Waals surface area contributed by atoms with Gasteiger partial charge in [0.25, 0.3) is 0 Å². The van der Waals surface area contributed by atoms with Crippen LogP contribution in [-0.4, -0.2) is 6.29 Å². The van der Waals surface area contributed by atoms with Crippen LogP contribution in [0.25, 0.3) is 0 Å². The van der Waals surface area contributed by atoms with Crippen LogP contribution in [0.1, 0.15) is 40.4 Å². The van der Waals surface area contributed by atoms with Crippen LogP contribution in [-0.2, 0) is 4.79 Å². The van der Waals surface area contributed by atoms with Crippen LogP contribution in [0.2, 0.25) is 0 Å². The van der Waals surface area contributed by atoms with Gasteiger partial charge in [0.05, 0.1) is 1.37 Å². The Kier molecular flexibility index (Phi) is 6.32. The maximum atomic E-state index is 9.91. The van der Waals surface area contributed by atoms with Gasteiger partial charge in [-0.05, 0) is 12.8 Å². The van der Waals surface area contributed by atoms with Crippen molar-refractivity contribution in [3.63, 3.8) is 0 Å². The molecule has 0 atom stereocenters. The number of unbranched alkanes of at least 4 members (excludes halogenated alkanes) is 2. The molecule has 1 nitrogen and oxygen atoms in total. The van der Waals surface area contributed by atoms with Crippen molar-refractivity contribution < 1.29 is 6.17 Å². The van der Waals surface area contributed by atoms with Crippen LogP contribution in [0.5, 0.6) is 0 Å². The Morgan fingerprint density at radius 2 is 2.30 bits per heavy atom. The molecule has 1 heteroatoms. The molecule has 0 saturated heterocycles. The van der Waals surface area contributed by atoms with Crippen molar-refractivity contribution in [1.29, 1.82) is 0 Å². The number of carbonyl (C=O) groups is 1. The Balaban J connectivity index is 3.34. The standard InChI is InChI=1S/C9H16O/c1-2-3-4-5-6-7-8-9-10/h6-7,9H,2-5,8H2,1H3/b7-6-/i6D.